The van der Waals surface area contributed by atoms with Gasteiger partial charge in [0, 0.05) is 17.2 Å². The number of benzene rings is 1. The Balaban J connectivity index is 2.92. The summed E-state index contributed by atoms with van der Waals surface area (Å²) < 4.78 is 6.44. The molecule has 0 aromatic heterocycles. The molecule has 0 aliphatic rings. The van der Waals surface area contributed by atoms with Crippen LogP contribution in [0.4, 0.5) is 0 Å². The summed E-state index contributed by atoms with van der Waals surface area (Å²) in [5, 5.41) is 0. The maximum Gasteiger partial charge on any atom is 0.0953 e. The van der Waals surface area contributed by atoms with Crippen LogP contribution in [0.2, 0.25) is 0 Å². The maximum absolute atomic E-state index is 5.56. The van der Waals surface area contributed by atoms with Crippen molar-refractivity contribution in [3.63, 3.8) is 0 Å². The van der Waals surface area contributed by atoms with Crippen molar-refractivity contribution in [1.29, 1.82) is 0 Å². The molecule has 0 amide bonds. The van der Waals surface area contributed by atoms with E-state index in [-0.39, 0.29) is 6.10 Å². The van der Waals surface area contributed by atoms with E-state index < -0.39 is 0 Å². The fourth-order valence-corrected chi connectivity index (χ4v) is 1.82. The number of ether oxygens (including phenoxy) is 1. The van der Waals surface area contributed by atoms with Crippen LogP contribution in [-0.2, 0) is 4.74 Å². The average Bonchev–Trinajstić information content (AvgIpc) is 2.10. The van der Waals surface area contributed by atoms with Crippen LogP contribution in [0.3, 0.4) is 0 Å². The van der Waals surface area contributed by atoms with E-state index in [1.165, 1.54) is 9.13 Å². The molecule has 2 nitrogen and oxygen atoms in total. The minimum atomic E-state index is 0.0260. The zero-order chi connectivity index (χ0) is 8.97. The monoisotopic (exact) mass is 277 g/mol. The zero-order valence-electron chi connectivity index (χ0n) is 6.96. The average molecular weight is 277 g/mol. The third kappa shape index (κ3) is 2.18. The van der Waals surface area contributed by atoms with Crippen LogP contribution in [0.15, 0.2) is 24.3 Å². The van der Waals surface area contributed by atoms with E-state index >= 15 is 0 Å². The summed E-state index contributed by atoms with van der Waals surface area (Å²) in [7, 11) is 1.68. The summed E-state index contributed by atoms with van der Waals surface area (Å²) in [6.45, 7) is 0.524. The van der Waals surface area contributed by atoms with Gasteiger partial charge in [-0.25, -0.2) is 0 Å². The number of halogens is 1. The van der Waals surface area contributed by atoms with Gasteiger partial charge in [0.25, 0.3) is 0 Å². The Kier molecular flexibility index (Phi) is 3.97. The summed E-state index contributed by atoms with van der Waals surface area (Å²) in [4.78, 5) is 0. The molecule has 1 atom stereocenters. The third-order valence-electron chi connectivity index (χ3n) is 1.75. The normalized spacial score (nSPS) is 12.9. The molecule has 0 aliphatic heterocycles. The molecule has 0 aliphatic carbocycles. The quantitative estimate of drug-likeness (QED) is 0.857. The van der Waals surface area contributed by atoms with Gasteiger partial charge in [-0.15, -0.1) is 0 Å². The van der Waals surface area contributed by atoms with Gasteiger partial charge >= 0.3 is 0 Å². The summed E-state index contributed by atoms with van der Waals surface area (Å²) in [5.41, 5.74) is 6.73. The van der Waals surface area contributed by atoms with Gasteiger partial charge in [0.1, 0.15) is 0 Å². The van der Waals surface area contributed by atoms with Crippen LogP contribution in [0.1, 0.15) is 11.7 Å². The summed E-state index contributed by atoms with van der Waals surface area (Å²) in [6, 6.07) is 8.11. The highest BCUT2D eigenvalue weighted by Crippen LogP contribution is 2.20. The molecule has 0 radical (unpaired) electrons. The Bertz CT molecular complexity index is 248. The van der Waals surface area contributed by atoms with Crippen LogP contribution in [0.25, 0.3) is 0 Å². The molecule has 0 fully saturated rings. The highest BCUT2D eigenvalue weighted by molar-refractivity contribution is 14.1. The van der Waals surface area contributed by atoms with Crippen molar-refractivity contribution in [2.45, 2.75) is 6.10 Å². The molecule has 1 rings (SSSR count). The van der Waals surface area contributed by atoms with Gasteiger partial charge in [0.05, 0.1) is 6.10 Å². The lowest BCUT2D eigenvalue weighted by Crippen LogP contribution is -2.15. The van der Waals surface area contributed by atoms with E-state index in [0.29, 0.717) is 6.54 Å². The number of hydrogen-bond acceptors (Lipinski definition) is 2. The first-order valence-corrected chi connectivity index (χ1v) is 4.84. The van der Waals surface area contributed by atoms with E-state index in [0.717, 1.165) is 0 Å². The molecular weight excluding hydrogens is 265 g/mol. The first-order chi connectivity index (χ1) is 5.79. The van der Waals surface area contributed by atoms with Crippen molar-refractivity contribution >= 4 is 22.6 Å². The zero-order valence-corrected chi connectivity index (χ0v) is 9.11. The van der Waals surface area contributed by atoms with Gasteiger partial charge in [0.15, 0.2) is 0 Å². The van der Waals surface area contributed by atoms with Crippen molar-refractivity contribution < 1.29 is 4.74 Å². The molecule has 66 valence electrons. The number of hydrogen-bond donors (Lipinski definition) is 1. The van der Waals surface area contributed by atoms with E-state index in [2.05, 4.69) is 28.7 Å². The molecule has 12 heavy (non-hydrogen) atoms. The molecule has 0 bridgehead atoms. The largest absolute Gasteiger partial charge is 0.375 e. The molecule has 3 heteroatoms. The van der Waals surface area contributed by atoms with E-state index in [4.69, 9.17) is 10.5 Å². The molecule has 0 heterocycles. The second kappa shape index (κ2) is 4.79. The Morgan fingerprint density at radius 1 is 1.50 bits per heavy atom. The highest BCUT2D eigenvalue weighted by atomic mass is 127. The first kappa shape index (κ1) is 9.95. The van der Waals surface area contributed by atoms with Gasteiger partial charge in [-0.05, 0) is 34.2 Å². The predicted molar refractivity (Wildman–Crippen MR) is 58.0 cm³/mol. The number of methoxy groups -OCH3 is 1. The Morgan fingerprint density at radius 2 is 2.17 bits per heavy atom. The molecule has 0 spiro atoms. The van der Waals surface area contributed by atoms with Crippen LogP contribution in [-0.4, -0.2) is 13.7 Å². The fraction of sp³-hybridized carbons (Fsp3) is 0.333. The van der Waals surface area contributed by atoms with Gasteiger partial charge in [-0.1, -0.05) is 18.2 Å². The molecule has 1 aromatic carbocycles. The molecule has 2 N–H and O–H groups in total. The number of rotatable bonds is 3. The summed E-state index contributed by atoms with van der Waals surface area (Å²) >= 11 is 2.29. The molecule has 0 saturated carbocycles. The number of nitrogens with two attached hydrogens (primary N) is 1. The third-order valence-corrected chi connectivity index (χ3v) is 2.73. The van der Waals surface area contributed by atoms with E-state index in [1.54, 1.807) is 7.11 Å². The Morgan fingerprint density at radius 3 is 2.67 bits per heavy atom. The Labute approximate surface area is 86.2 Å². The van der Waals surface area contributed by atoms with Crippen molar-refractivity contribution in [3.05, 3.63) is 33.4 Å². The van der Waals surface area contributed by atoms with E-state index in [1.807, 2.05) is 18.2 Å². The van der Waals surface area contributed by atoms with Crippen LogP contribution in [0, 0.1) is 3.57 Å². The molecule has 0 saturated heterocycles. The summed E-state index contributed by atoms with van der Waals surface area (Å²) in [6.07, 6.45) is 0.0260. The lowest BCUT2D eigenvalue weighted by Gasteiger charge is -2.14. The topological polar surface area (TPSA) is 35.2 Å². The fourth-order valence-electron chi connectivity index (χ4n) is 1.09. The van der Waals surface area contributed by atoms with Gasteiger partial charge < -0.3 is 10.5 Å². The van der Waals surface area contributed by atoms with Crippen molar-refractivity contribution in [1.82, 2.24) is 0 Å². The molecular formula is C9H12INO. The minimum Gasteiger partial charge on any atom is -0.375 e. The highest BCUT2D eigenvalue weighted by Gasteiger charge is 2.10. The Hall–Kier alpha value is -0.130. The van der Waals surface area contributed by atoms with Gasteiger partial charge in [-0.2, -0.15) is 0 Å². The minimum absolute atomic E-state index is 0.0260. The first-order valence-electron chi connectivity index (χ1n) is 3.77. The van der Waals surface area contributed by atoms with Crippen molar-refractivity contribution in [3.8, 4) is 0 Å². The standard InChI is InChI=1S/C9H12INO/c1-12-9(6-11)7-4-2-3-5-8(7)10/h2-5,9H,6,11H2,1H3. The maximum atomic E-state index is 5.56. The van der Waals surface area contributed by atoms with Crippen LogP contribution >= 0.6 is 22.6 Å². The van der Waals surface area contributed by atoms with Gasteiger partial charge in [0.2, 0.25) is 0 Å². The molecule has 1 aromatic rings. The predicted octanol–water partition coefficient (Wildman–Crippen LogP) is 1.94. The second-order valence-corrected chi connectivity index (χ2v) is 3.64. The SMILES string of the molecule is COC(CN)c1ccccc1I. The van der Waals surface area contributed by atoms with E-state index in [9.17, 15) is 0 Å². The van der Waals surface area contributed by atoms with Crippen molar-refractivity contribution in [2.75, 3.05) is 13.7 Å². The molecule has 1 unspecified atom stereocenters. The van der Waals surface area contributed by atoms with Crippen LogP contribution in [0.5, 0.6) is 0 Å². The van der Waals surface area contributed by atoms with Crippen LogP contribution < -0.4 is 5.73 Å². The lowest BCUT2D eigenvalue weighted by atomic mass is 10.1. The van der Waals surface area contributed by atoms with Gasteiger partial charge in [-0.3, -0.25) is 0 Å². The smallest absolute Gasteiger partial charge is 0.0953 e. The summed E-state index contributed by atoms with van der Waals surface area (Å²) in [5.74, 6) is 0. The second-order valence-electron chi connectivity index (χ2n) is 2.48. The van der Waals surface area contributed by atoms with Crippen molar-refractivity contribution in [2.24, 2.45) is 5.73 Å². The lowest BCUT2D eigenvalue weighted by molar-refractivity contribution is 0.110.